The van der Waals surface area contributed by atoms with Crippen LogP contribution in [0, 0.1) is 5.92 Å². The van der Waals surface area contributed by atoms with Gasteiger partial charge in [0.1, 0.15) is 0 Å². The first-order valence-corrected chi connectivity index (χ1v) is 7.33. The van der Waals surface area contributed by atoms with Crippen molar-refractivity contribution in [3.05, 3.63) is 22.2 Å². The van der Waals surface area contributed by atoms with E-state index in [2.05, 4.69) is 6.92 Å². The molecule has 0 fully saturated rings. The second-order valence-electron chi connectivity index (χ2n) is 5.52. The van der Waals surface area contributed by atoms with Crippen molar-refractivity contribution in [1.29, 1.82) is 0 Å². The molecular weight excluding hydrogens is 264 g/mol. The lowest BCUT2D eigenvalue weighted by Crippen LogP contribution is -2.06. The summed E-state index contributed by atoms with van der Waals surface area (Å²) in [7, 11) is 0. The molecule has 1 N–H and O–H groups in total. The predicted molar refractivity (Wildman–Crippen MR) is 74.1 cm³/mol. The van der Waals surface area contributed by atoms with Crippen molar-refractivity contribution < 1.29 is 14.6 Å². The van der Waals surface area contributed by atoms with Gasteiger partial charge >= 0.3 is 0 Å². The van der Waals surface area contributed by atoms with E-state index in [-0.39, 0.29) is 0 Å². The smallest absolute Gasteiger partial charge is 0.167 e. The topological polar surface area (TPSA) is 38.7 Å². The fourth-order valence-corrected chi connectivity index (χ4v) is 3.25. The van der Waals surface area contributed by atoms with Crippen molar-refractivity contribution >= 4 is 11.6 Å². The molecule has 3 nitrogen and oxygen atoms in total. The zero-order valence-corrected chi connectivity index (χ0v) is 11.9. The Labute approximate surface area is 118 Å². The number of halogens is 1. The van der Waals surface area contributed by atoms with E-state index in [0.29, 0.717) is 35.7 Å². The van der Waals surface area contributed by atoms with Crippen LogP contribution in [0.3, 0.4) is 0 Å². The highest BCUT2D eigenvalue weighted by Gasteiger charge is 2.29. The molecular formula is C15H19ClO3. The summed E-state index contributed by atoms with van der Waals surface area (Å²) in [4.78, 5) is 0. The van der Waals surface area contributed by atoms with Crippen LogP contribution in [0.25, 0.3) is 0 Å². The van der Waals surface area contributed by atoms with Gasteiger partial charge < -0.3 is 14.6 Å². The Morgan fingerprint density at radius 1 is 1.32 bits per heavy atom. The van der Waals surface area contributed by atoms with E-state index in [4.69, 9.17) is 21.1 Å². The van der Waals surface area contributed by atoms with Crippen molar-refractivity contribution in [2.45, 2.75) is 38.7 Å². The molecule has 0 radical (unpaired) electrons. The minimum absolute atomic E-state index is 0.487. The molecule has 1 aliphatic heterocycles. The second kappa shape index (κ2) is 5.22. The molecule has 1 heterocycles. The highest BCUT2D eigenvalue weighted by atomic mass is 35.5. The molecule has 0 bridgehead atoms. The van der Waals surface area contributed by atoms with Crippen molar-refractivity contribution in [2.24, 2.45) is 5.92 Å². The van der Waals surface area contributed by atoms with E-state index in [1.54, 1.807) is 0 Å². The third kappa shape index (κ3) is 2.41. The Hall–Kier alpha value is -0.930. The Bertz CT molecular complexity index is 487. The summed E-state index contributed by atoms with van der Waals surface area (Å²) in [6.07, 6.45) is 3.03. The quantitative estimate of drug-likeness (QED) is 0.740. The molecule has 0 saturated carbocycles. The van der Waals surface area contributed by atoms with Crippen LogP contribution in [0.15, 0.2) is 6.07 Å². The van der Waals surface area contributed by atoms with Gasteiger partial charge in [0.15, 0.2) is 11.5 Å². The largest absolute Gasteiger partial charge is 0.489 e. The van der Waals surface area contributed by atoms with E-state index in [1.165, 1.54) is 0 Å². The highest BCUT2D eigenvalue weighted by Crippen LogP contribution is 2.46. The monoisotopic (exact) mass is 282 g/mol. The molecule has 19 heavy (non-hydrogen) atoms. The van der Waals surface area contributed by atoms with Gasteiger partial charge in [0.2, 0.25) is 0 Å². The molecule has 2 unspecified atom stereocenters. The zero-order valence-electron chi connectivity index (χ0n) is 11.1. The van der Waals surface area contributed by atoms with Gasteiger partial charge in [-0.1, -0.05) is 18.5 Å². The number of hydrogen-bond acceptors (Lipinski definition) is 3. The summed E-state index contributed by atoms with van der Waals surface area (Å²) >= 11 is 6.37. The van der Waals surface area contributed by atoms with Crippen LogP contribution in [0.2, 0.25) is 5.02 Å². The summed E-state index contributed by atoms with van der Waals surface area (Å²) in [6.45, 7) is 3.43. The minimum Gasteiger partial charge on any atom is -0.489 e. The van der Waals surface area contributed by atoms with Crippen molar-refractivity contribution in [3.63, 3.8) is 0 Å². The third-order valence-corrected chi connectivity index (χ3v) is 4.32. The highest BCUT2D eigenvalue weighted by molar-refractivity contribution is 6.31. The van der Waals surface area contributed by atoms with E-state index < -0.39 is 6.10 Å². The van der Waals surface area contributed by atoms with Crippen LogP contribution in [0.1, 0.15) is 43.4 Å². The number of aliphatic hydroxyl groups excluding tert-OH is 1. The SMILES string of the molecule is CC1CCc2c(Cl)cc3c(c2C(O)C1)OCCCO3. The molecule has 4 heteroatoms. The molecule has 0 aromatic heterocycles. The number of rotatable bonds is 0. The average molecular weight is 283 g/mol. The molecule has 0 spiro atoms. The Morgan fingerprint density at radius 2 is 2.11 bits per heavy atom. The number of hydrogen-bond donors (Lipinski definition) is 1. The van der Waals surface area contributed by atoms with Crippen LogP contribution < -0.4 is 9.47 Å². The molecule has 2 atom stereocenters. The Balaban J connectivity index is 2.14. The molecule has 1 aromatic rings. The Morgan fingerprint density at radius 3 is 2.95 bits per heavy atom. The van der Waals surface area contributed by atoms with E-state index in [1.807, 2.05) is 6.07 Å². The van der Waals surface area contributed by atoms with Crippen molar-refractivity contribution in [1.82, 2.24) is 0 Å². The van der Waals surface area contributed by atoms with Crippen molar-refractivity contribution in [3.8, 4) is 11.5 Å². The van der Waals surface area contributed by atoms with Gasteiger partial charge in [0, 0.05) is 23.1 Å². The molecule has 3 rings (SSSR count). The van der Waals surface area contributed by atoms with Gasteiger partial charge in [0.25, 0.3) is 0 Å². The fourth-order valence-electron chi connectivity index (χ4n) is 2.95. The maximum Gasteiger partial charge on any atom is 0.167 e. The normalized spacial score (nSPS) is 26.3. The van der Waals surface area contributed by atoms with Gasteiger partial charge in [-0.05, 0) is 30.7 Å². The van der Waals surface area contributed by atoms with E-state index >= 15 is 0 Å². The zero-order chi connectivity index (χ0) is 13.4. The number of aliphatic hydroxyl groups is 1. The first-order valence-electron chi connectivity index (χ1n) is 6.95. The molecule has 1 aromatic carbocycles. The number of ether oxygens (including phenoxy) is 2. The maximum absolute atomic E-state index is 10.5. The third-order valence-electron chi connectivity index (χ3n) is 3.98. The predicted octanol–water partition coefficient (Wildman–Crippen LogP) is 3.51. The molecule has 0 amide bonds. The lowest BCUT2D eigenvalue weighted by molar-refractivity contribution is 0.145. The van der Waals surface area contributed by atoms with Gasteiger partial charge in [-0.3, -0.25) is 0 Å². The van der Waals surface area contributed by atoms with Crippen LogP contribution in [0.5, 0.6) is 11.5 Å². The molecule has 0 saturated heterocycles. The minimum atomic E-state index is -0.512. The van der Waals surface area contributed by atoms with Crippen LogP contribution in [-0.4, -0.2) is 18.3 Å². The molecule has 104 valence electrons. The second-order valence-corrected chi connectivity index (χ2v) is 5.93. The number of fused-ring (bicyclic) bond motifs is 3. The summed E-state index contributed by atoms with van der Waals surface area (Å²) in [6, 6.07) is 1.84. The van der Waals surface area contributed by atoms with Gasteiger partial charge in [-0.15, -0.1) is 0 Å². The van der Waals surface area contributed by atoms with Gasteiger partial charge in [-0.25, -0.2) is 0 Å². The first kappa shape index (κ1) is 13.1. The van der Waals surface area contributed by atoms with Crippen LogP contribution in [0.4, 0.5) is 0 Å². The summed E-state index contributed by atoms with van der Waals surface area (Å²) in [5, 5.41) is 11.2. The van der Waals surface area contributed by atoms with Crippen molar-refractivity contribution in [2.75, 3.05) is 13.2 Å². The lowest BCUT2D eigenvalue weighted by atomic mass is 9.98. The summed E-state index contributed by atoms with van der Waals surface area (Å²) < 4.78 is 11.5. The summed E-state index contributed by atoms with van der Waals surface area (Å²) in [5.74, 6) is 1.87. The lowest BCUT2D eigenvalue weighted by Gasteiger charge is -2.20. The van der Waals surface area contributed by atoms with Gasteiger partial charge in [-0.2, -0.15) is 0 Å². The van der Waals surface area contributed by atoms with Crippen LogP contribution in [-0.2, 0) is 6.42 Å². The summed E-state index contributed by atoms with van der Waals surface area (Å²) in [5.41, 5.74) is 1.89. The molecule has 1 aliphatic carbocycles. The maximum atomic E-state index is 10.5. The van der Waals surface area contributed by atoms with E-state index in [0.717, 1.165) is 36.8 Å². The Kier molecular flexibility index (Phi) is 3.59. The average Bonchev–Trinajstić information content (AvgIpc) is 2.67. The number of benzene rings is 1. The fraction of sp³-hybridized carbons (Fsp3) is 0.600. The van der Waals surface area contributed by atoms with Crippen LogP contribution >= 0.6 is 11.6 Å². The standard InChI is InChI=1S/C15H19ClO3/c1-9-3-4-10-11(16)8-13-15(14(10)12(17)7-9)19-6-2-5-18-13/h8-9,12,17H,2-7H2,1H3. The first-order chi connectivity index (χ1) is 9.16. The molecule has 2 aliphatic rings. The van der Waals surface area contributed by atoms with Gasteiger partial charge in [0.05, 0.1) is 19.3 Å². The van der Waals surface area contributed by atoms with E-state index in [9.17, 15) is 5.11 Å².